The number of sulfonamides is 1. The zero-order valence-electron chi connectivity index (χ0n) is 18.5. The van der Waals surface area contributed by atoms with Crippen molar-refractivity contribution in [2.75, 3.05) is 10.0 Å². The third-order valence-corrected chi connectivity index (χ3v) is 6.53. The van der Waals surface area contributed by atoms with Crippen molar-refractivity contribution < 1.29 is 28.3 Å². The standard InChI is InChI=1S/C25H19N3O7S/c29-19-12-16(13-20(30)15-19)10-11-25(31)26-23-8-2-7-22-21(23)6-3-9-24(22)36(34,35)27-17-4-1-5-18(14-17)28(32)33/h1-15,27,29-30H,(H,26,31)/b11-10+. The minimum atomic E-state index is -4.13. The van der Waals surface area contributed by atoms with Gasteiger partial charge in [0.25, 0.3) is 15.7 Å². The summed E-state index contributed by atoms with van der Waals surface area (Å²) in [5.41, 5.74) is 0.537. The maximum Gasteiger partial charge on any atom is 0.271 e. The van der Waals surface area contributed by atoms with Crippen LogP contribution in [0, 0.1) is 10.1 Å². The maximum absolute atomic E-state index is 13.1. The summed E-state index contributed by atoms with van der Waals surface area (Å²) in [5, 5.41) is 33.6. The van der Waals surface area contributed by atoms with Gasteiger partial charge in [0.15, 0.2) is 0 Å². The molecule has 0 saturated heterocycles. The number of benzene rings is 4. The lowest BCUT2D eigenvalue weighted by Gasteiger charge is -2.13. The molecule has 0 saturated carbocycles. The van der Waals surface area contributed by atoms with Crippen molar-refractivity contribution in [1.29, 1.82) is 0 Å². The lowest BCUT2D eigenvalue weighted by Crippen LogP contribution is -2.14. The van der Waals surface area contributed by atoms with E-state index in [1.54, 1.807) is 24.3 Å². The highest BCUT2D eigenvalue weighted by molar-refractivity contribution is 7.93. The number of anilines is 2. The van der Waals surface area contributed by atoms with Gasteiger partial charge in [0, 0.05) is 40.7 Å². The second-order valence-electron chi connectivity index (χ2n) is 7.68. The molecule has 4 rings (SSSR count). The molecule has 4 N–H and O–H groups in total. The molecule has 4 aromatic carbocycles. The van der Waals surface area contributed by atoms with Gasteiger partial charge in [-0.05, 0) is 42.0 Å². The Morgan fingerprint density at radius 3 is 2.28 bits per heavy atom. The van der Waals surface area contributed by atoms with Crippen LogP contribution in [0.25, 0.3) is 16.8 Å². The van der Waals surface area contributed by atoms with E-state index in [1.807, 2.05) is 0 Å². The van der Waals surface area contributed by atoms with Crippen molar-refractivity contribution in [3.05, 3.63) is 101 Å². The first-order valence-electron chi connectivity index (χ1n) is 10.4. The summed E-state index contributed by atoms with van der Waals surface area (Å²) in [5.74, 6) is -0.832. The number of aromatic hydroxyl groups is 2. The number of rotatable bonds is 7. The number of carbonyl (C=O) groups is 1. The van der Waals surface area contributed by atoms with Gasteiger partial charge in [-0.15, -0.1) is 0 Å². The predicted octanol–water partition coefficient (Wildman–Crippen LogP) is 4.61. The van der Waals surface area contributed by atoms with Crippen molar-refractivity contribution in [2.45, 2.75) is 4.90 Å². The summed E-state index contributed by atoms with van der Waals surface area (Å²) in [4.78, 5) is 22.8. The first kappa shape index (κ1) is 24.2. The van der Waals surface area contributed by atoms with E-state index in [1.165, 1.54) is 54.6 Å². The van der Waals surface area contributed by atoms with Crippen molar-refractivity contribution in [3.63, 3.8) is 0 Å². The second-order valence-corrected chi connectivity index (χ2v) is 9.33. The Bertz CT molecular complexity index is 1610. The van der Waals surface area contributed by atoms with Crippen LogP contribution >= 0.6 is 0 Å². The van der Waals surface area contributed by atoms with Gasteiger partial charge < -0.3 is 15.5 Å². The van der Waals surface area contributed by atoms with Gasteiger partial charge in [-0.25, -0.2) is 8.42 Å². The van der Waals surface area contributed by atoms with E-state index in [4.69, 9.17) is 0 Å². The molecule has 1 amide bonds. The fraction of sp³-hybridized carbons (Fsp3) is 0. The molecule has 0 radical (unpaired) electrons. The molecule has 11 heteroatoms. The molecule has 0 aromatic heterocycles. The Kier molecular flexibility index (Phi) is 6.57. The van der Waals surface area contributed by atoms with Crippen molar-refractivity contribution in [2.24, 2.45) is 0 Å². The lowest BCUT2D eigenvalue weighted by atomic mass is 10.1. The lowest BCUT2D eigenvalue weighted by molar-refractivity contribution is -0.384. The molecule has 36 heavy (non-hydrogen) atoms. The Labute approximate surface area is 205 Å². The third kappa shape index (κ3) is 5.42. The molecule has 10 nitrogen and oxygen atoms in total. The highest BCUT2D eigenvalue weighted by Crippen LogP contribution is 2.30. The van der Waals surface area contributed by atoms with Gasteiger partial charge >= 0.3 is 0 Å². The molecule has 0 unspecified atom stereocenters. The summed E-state index contributed by atoms with van der Waals surface area (Å²) in [6.45, 7) is 0. The number of phenols is 2. The summed E-state index contributed by atoms with van der Waals surface area (Å²) in [7, 11) is -4.13. The smallest absolute Gasteiger partial charge is 0.271 e. The minimum absolute atomic E-state index is 0.0359. The van der Waals surface area contributed by atoms with E-state index < -0.39 is 20.9 Å². The summed E-state index contributed by atoms with van der Waals surface area (Å²) >= 11 is 0. The molecule has 0 bridgehead atoms. The van der Waals surface area contributed by atoms with Crippen LogP contribution in [0.3, 0.4) is 0 Å². The zero-order valence-corrected chi connectivity index (χ0v) is 19.3. The van der Waals surface area contributed by atoms with E-state index in [0.29, 0.717) is 22.0 Å². The summed E-state index contributed by atoms with van der Waals surface area (Å²) < 4.78 is 28.6. The fourth-order valence-electron chi connectivity index (χ4n) is 3.58. The monoisotopic (exact) mass is 505 g/mol. The van der Waals surface area contributed by atoms with Crippen LogP contribution < -0.4 is 10.0 Å². The summed E-state index contributed by atoms with van der Waals surface area (Å²) in [6, 6.07) is 18.4. The number of nitro groups is 1. The topological polar surface area (TPSA) is 159 Å². The Morgan fingerprint density at radius 1 is 0.889 bits per heavy atom. The number of amides is 1. The fourth-order valence-corrected chi connectivity index (χ4v) is 4.85. The third-order valence-electron chi connectivity index (χ3n) is 5.09. The van der Waals surface area contributed by atoms with Gasteiger partial charge in [-0.2, -0.15) is 0 Å². The Balaban J connectivity index is 1.62. The highest BCUT2D eigenvalue weighted by Gasteiger charge is 2.19. The average molecular weight is 506 g/mol. The molecule has 0 aliphatic carbocycles. The number of non-ortho nitro benzene ring substituents is 1. The van der Waals surface area contributed by atoms with Crippen LogP contribution in [0.1, 0.15) is 5.56 Å². The van der Waals surface area contributed by atoms with E-state index in [2.05, 4.69) is 10.0 Å². The molecule has 0 aliphatic heterocycles. The van der Waals surface area contributed by atoms with Crippen molar-refractivity contribution in [1.82, 2.24) is 0 Å². The average Bonchev–Trinajstić information content (AvgIpc) is 2.82. The largest absolute Gasteiger partial charge is 0.508 e. The first-order chi connectivity index (χ1) is 17.1. The van der Waals surface area contributed by atoms with Crippen LogP contribution in [-0.4, -0.2) is 29.5 Å². The number of hydrogen-bond acceptors (Lipinski definition) is 7. The van der Waals surface area contributed by atoms with Crippen LogP contribution in [0.2, 0.25) is 0 Å². The van der Waals surface area contributed by atoms with Crippen LogP contribution in [0.5, 0.6) is 11.5 Å². The number of nitrogens with one attached hydrogen (secondary N) is 2. The Hall–Kier alpha value is -4.90. The number of nitro benzene ring substituents is 1. The number of fused-ring (bicyclic) bond motifs is 1. The summed E-state index contributed by atoms with van der Waals surface area (Å²) in [6.07, 6.45) is 2.61. The normalized spacial score (nSPS) is 11.4. The predicted molar refractivity (Wildman–Crippen MR) is 135 cm³/mol. The molecular formula is C25H19N3O7S. The van der Waals surface area contributed by atoms with E-state index in [0.717, 1.165) is 12.1 Å². The molecule has 0 aliphatic rings. The zero-order chi connectivity index (χ0) is 25.9. The molecule has 182 valence electrons. The minimum Gasteiger partial charge on any atom is -0.508 e. The van der Waals surface area contributed by atoms with E-state index in [9.17, 15) is 33.5 Å². The van der Waals surface area contributed by atoms with Crippen LogP contribution in [0.15, 0.2) is 89.8 Å². The van der Waals surface area contributed by atoms with Gasteiger partial charge in [0.1, 0.15) is 11.5 Å². The van der Waals surface area contributed by atoms with Gasteiger partial charge in [0.2, 0.25) is 5.91 Å². The molecule has 0 spiro atoms. The van der Waals surface area contributed by atoms with Crippen LogP contribution in [0.4, 0.5) is 17.1 Å². The number of phenolic OH excluding ortho intramolecular Hbond substituents is 2. The molecular weight excluding hydrogens is 486 g/mol. The number of nitrogens with zero attached hydrogens (tertiary/aromatic N) is 1. The number of hydrogen-bond donors (Lipinski definition) is 4. The highest BCUT2D eigenvalue weighted by atomic mass is 32.2. The Morgan fingerprint density at radius 2 is 1.56 bits per heavy atom. The quantitative estimate of drug-likeness (QED) is 0.162. The van der Waals surface area contributed by atoms with Gasteiger partial charge in [0.05, 0.1) is 15.5 Å². The molecule has 4 aromatic rings. The van der Waals surface area contributed by atoms with E-state index >= 15 is 0 Å². The number of carbonyl (C=O) groups excluding carboxylic acids is 1. The van der Waals surface area contributed by atoms with Crippen LogP contribution in [-0.2, 0) is 14.8 Å². The molecule has 0 heterocycles. The first-order valence-corrected chi connectivity index (χ1v) is 11.9. The second kappa shape index (κ2) is 9.76. The van der Waals surface area contributed by atoms with Crippen molar-refractivity contribution in [3.8, 4) is 11.5 Å². The molecule has 0 atom stereocenters. The van der Waals surface area contributed by atoms with Gasteiger partial charge in [-0.1, -0.05) is 30.3 Å². The van der Waals surface area contributed by atoms with Crippen molar-refractivity contribution >= 4 is 49.8 Å². The SMILES string of the molecule is O=C(/C=C/c1cc(O)cc(O)c1)Nc1cccc2c(S(=O)(=O)Nc3cccc([N+](=O)[O-])c3)cccc12. The molecule has 0 fully saturated rings. The van der Waals surface area contributed by atoms with E-state index in [-0.39, 0.29) is 27.8 Å². The maximum atomic E-state index is 13.1. The van der Waals surface area contributed by atoms with Gasteiger partial charge in [-0.3, -0.25) is 19.6 Å².